The molecule has 1 aliphatic carbocycles. The van der Waals surface area contributed by atoms with E-state index in [1.165, 1.54) is 15.6 Å². The number of ether oxygens (including phenoxy) is 1. The second-order valence-corrected chi connectivity index (χ2v) is 8.23. The maximum atomic E-state index is 12.5. The van der Waals surface area contributed by atoms with Crippen LogP contribution in [0.2, 0.25) is 0 Å². The van der Waals surface area contributed by atoms with Gasteiger partial charge in [0.15, 0.2) is 5.69 Å². The van der Waals surface area contributed by atoms with Gasteiger partial charge in [0.2, 0.25) is 0 Å². The number of hydrogen-bond donors (Lipinski definition) is 2. The van der Waals surface area contributed by atoms with Gasteiger partial charge >= 0.3 is 12.1 Å². The van der Waals surface area contributed by atoms with Gasteiger partial charge in [-0.2, -0.15) is 5.10 Å². The maximum absolute atomic E-state index is 12.5. The van der Waals surface area contributed by atoms with Crippen LogP contribution < -0.4 is 5.32 Å². The van der Waals surface area contributed by atoms with Crippen LogP contribution in [-0.4, -0.2) is 57.5 Å². The molecule has 0 bridgehead atoms. The van der Waals surface area contributed by atoms with Crippen LogP contribution in [0.25, 0.3) is 11.1 Å². The molecule has 168 valence electrons. The van der Waals surface area contributed by atoms with Crippen molar-refractivity contribution in [3.63, 3.8) is 0 Å². The molecule has 2 aromatic carbocycles. The highest BCUT2D eigenvalue weighted by molar-refractivity contribution is 5.95. The van der Waals surface area contributed by atoms with E-state index in [-0.39, 0.29) is 37.2 Å². The number of benzene rings is 2. The van der Waals surface area contributed by atoms with Crippen molar-refractivity contribution in [2.75, 3.05) is 25.0 Å². The summed E-state index contributed by atoms with van der Waals surface area (Å²) in [5.41, 5.74) is 4.67. The Kier molecular flexibility index (Phi) is 5.08. The van der Waals surface area contributed by atoms with Crippen LogP contribution >= 0.6 is 0 Å². The zero-order chi connectivity index (χ0) is 23.1. The van der Waals surface area contributed by atoms with E-state index >= 15 is 0 Å². The summed E-state index contributed by atoms with van der Waals surface area (Å²) < 4.78 is 6.91. The first kappa shape index (κ1) is 20.7. The number of aryl methyl sites for hydroxylation is 1. The predicted molar refractivity (Wildman–Crippen MR) is 119 cm³/mol. The molecule has 0 unspecified atom stereocenters. The Labute approximate surface area is 189 Å². The van der Waals surface area contributed by atoms with Crippen molar-refractivity contribution in [2.45, 2.75) is 5.92 Å². The normalized spacial score (nSPS) is 14.9. The molecule has 1 aliphatic heterocycles. The van der Waals surface area contributed by atoms with Gasteiger partial charge in [-0.15, -0.1) is 0 Å². The summed E-state index contributed by atoms with van der Waals surface area (Å²) in [6.45, 7) is 0.480. The molecule has 0 radical (unpaired) electrons. The lowest BCUT2D eigenvalue weighted by Gasteiger charge is -2.36. The molecule has 9 heteroatoms. The van der Waals surface area contributed by atoms with Crippen LogP contribution in [0.4, 0.5) is 10.6 Å². The van der Waals surface area contributed by atoms with Gasteiger partial charge in [-0.05, 0) is 22.3 Å². The van der Waals surface area contributed by atoms with E-state index in [2.05, 4.69) is 22.5 Å². The molecule has 9 nitrogen and oxygen atoms in total. The lowest BCUT2D eigenvalue weighted by molar-refractivity contribution is -0.146. The molecule has 2 amide bonds. The third kappa shape index (κ3) is 3.71. The fraction of sp³-hybridized carbons (Fsp3) is 0.250. The van der Waals surface area contributed by atoms with E-state index in [0.717, 1.165) is 22.3 Å². The van der Waals surface area contributed by atoms with Crippen molar-refractivity contribution in [1.29, 1.82) is 0 Å². The van der Waals surface area contributed by atoms with Crippen molar-refractivity contribution in [3.05, 3.63) is 71.4 Å². The van der Waals surface area contributed by atoms with Gasteiger partial charge in [0, 0.05) is 32.1 Å². The van der Waals surface area contributed by atoms with Gasteiger partial charge in [0.1, 0.15) is 12.4 Å². The van der Waals surface area contributed by atoms with Crippen molar-refractivity contribution >= 4 is 23.8 Å². The van der Waals surface area contributed by atoms with E-state index in [1.54, 1.807) is 7.05 Å². The highest BCUT2D eigenvalue weighted by Gasteiger charge is 2.37. The number of rotatable bonds is 5. The number of carboxylic acids is 1. The quantitative estimate of drug-likeness (QED) is 0.623. The lowest BCUT2D eigenvalue weighted by atomic mass is 9.98. The number of amides is 2. The van der Waals surface area contributed by atoms with Gasteiger partial charge in [-0.3, -0.25) is 19.6 Å². The average molecular weight is 446 g/mol. The molecule has 1 aromatic heterocycles. The monoisotopic (exact) mass is 446 g/mol. The summed E-state index contributed by atoms with van der Waals surface area (Å²) in [5.74, 6) is -1.58. The Morgan fingerprint density at radius 3 is 2.27 bits per heavy atom. The minimum Gasteiger partial charge on any atom is -0.481 e. The number of nitrogens with zero attached hydrogens (tertiary/aromatic N) is 3. The van der Waals surface area contributed by atoms with Gasteiger partial charge < -0.3 is 14.7 Å². The van der Waals surface area contributed by atoms with Gasteiger partial charge in [-0.1, -0.05) is 48.5 Å². The van der Waals surface area contributed by atoms with Gasteiger partial charge in [-0.25, -0.2) is 4.79 Å². The number of anilines is 1. The van der Waals surface area contributed by atoms with E-state index < -0.39 is 18.0 Å². The first-order valence-corrected chi connectivity index (χ1v) is 10.6. The first-order valence-electron chi connectivity index (χ1n) is 10.6. The molecule has 2 N–H and O–H groups in total. The number of fused-ring (bicyclic) bond motifs is 3. The summed E-state index contributed by atoms with van der Waals surface area (Å²) in [6.07, 6.45) is -0.645. The Balaban J connectivity index is 1.23. The molecule has 0 saturated carbocycles. The molecule has 33 heavy (non-hydrogen) atoms. The summed E-state index contributed by atoms with van der Waals surface area (Å²) in [5, 5.41) is 15.7. The zero-order valence-corrected chi connectivity index (χ0v) is 17.9. The Bertz CT molecular complexity index is 1220. The van der Waals surface area contributed by atoms with E-state index in [0.29, 0.717) is 5.82 Å². The highest BCUT2D eigenvalue weighted by Crippen LogP contribution is 2.44. The first-order chi connectivity index (χ1) is 15.9. The highest BCUT2D eigenvalue weighted by atomic mass is 16.5. The second-order valence-electron chi connectivity index (χ2n) is 8.23. The van der Waals surface area contributed by atoms with Crippen molar-refractivity contribution in [3.8, 4) is 11.1 Å². The Morgan fingerprint density at radius 1 is 1.06 bits per heavy atom. The number of nitrogens with one attached hydrogen (secondary N) is 1. The van der Waals surface area contributed by atoms with Crippen LogP contribution in [0.15, 0.2) is 54.6 Å². The molecule has 1 fully saturated rings. The summed E-state index contributed by atoms with van der Waals surface area (Å²) in [7, 11) is 1.60. The molecular formula is C24H22N4O5. The van der Waals surface area contributed by atoms with E-state index in [4.69, 9.17) is 9.84 Å². The fourth-order valence-corrected chi connectivity index (χ4v) is 4.39. The lowest BCUT2D eigenvalue weighted by Crippen LogP contribution is -2.53. The number of aromatic nitrogens is 2. The molecule has 0 spiro atoms. The Hall–Kier alpha value is -4.14. The third-order valence-electron chi connectivity index (χ3n) is 6.19. The van der Waals surface area contributed by atoms with Crippen molar-refractivity contribution in [1.82, 2.24) is 14.7 Å². The number of carbonyl (C=O) groups excluding carboxylic acids is 2. The van der Waals surface area contributed by atoms with Crippen molar-refractivity contribution in [2.24, 2.45) is 13.0 Å². The predicted octanol–water partition coefficient (Wildman–Crippen LogP) is 2.94. The van der Waals surface area contributed by atoms with Crippen molar-refractivity contribution < 1.29 is 24.2 Å². The van der Waals surface area contributed by atoms with Crippen LogP contribution in [-0.2, 0) is 16.6 Å². The molecule has 2 aliphatic rings. The van der Waals surface area contributed by atoms with Crippen LogP contribution in [0.1, 0.15) is 27.5 Å². The summed E-state index contributed by atoms with van der Waals surface area (Å²) >= 11 is 0. The topological polar surface area (TPSA) is 114 Å². The third-order valence-corrected chi connectivity index (χ3v) is 6.19. The average Bonchev–Trinajstić information content (AvgIpc) is 3.29. The zero-order valence-electron chi connectivity index (χ0n) is 17.9. The van der Waals surface area contributed by atoms with E-state index in [9.17, 15) is 14.4 Å². The molecule has 2 heterocycles. The minimum atomic E-state index is -0.919. The summed E-state index contributed by atoms with van der Waals surface area (Å²) in [6, 6.07) is 17.6. The van der Waals surface area contributed by atoms with Crippen LogP contribution in [0, 0.1) is 5.92 Å². The van der Waals surface area contributed by atoms with Gasteiger partial charge in [0.25, 0.3) is 5.91 Å². The minimum absolute atomic E-state index is 0.0552. The number of aliphatic carboxylic acids is 1. The maximum Gasteiger partial charge on any atom is 0.412 e. The number of carbonyl (C=O) groups is 3. The summed E-state index contributed by atoms with van der Waals surface area (Å²) in [4.78, 5) is 37.4. The van der Waals surface area contributed by atoms with E-state index in [1.807, 2.05) is 36.4 Å². The molecule has 3 aromatic rings. The fourth-order valence-electron chi connectivity index (χ4n) is 4.39. The van der Waals surface area contributed by atoms with Gasteiger partial charge in [0.05, 0.1) is 5.92 Å². The molecule has 5 rings (SSSR count). The van der Waals surface area contributed by atoms with Crippen LogP contribution in [0.3, 0.4) is 0 Å². The number of carboxylic acid groups (broad SMARTS) is 1. The molecule has 0 atom stereocenters. The molecule has 1 saturated heterocycles. The number of likely N-dealkylation sites (tertiary alicyclic amines) is 1. The number of hydrogen-bond acceptors (Lipinski definition) is 5. The smallest absolute Gasteiger partial charge is 0.412 e. The standard InChI is InChI=1S/C24H22N4O5/c1-27-21(10-20(26-27)22(29)28-11-14(12-28)23(30)31)25-24(32)33-13-19-17-8-4-2-6-15(17)16-7-3-5-9-18(16)19/h2-10,14,19H,11-13H2,1H3,(H,25,32)(H,30,31). The molecular weight excluding hydrogens is 424 g/mol. The Morgan fingerprint density at radius 2 is 1.67 bits per heavy atom. The largest absolute Gasteiger partial charge is 0.481 e. The SMILES string of the molecule is Cn1nc(C(=O)N2CC(C(=O)O)C2)cc1NC(=O)OCC1c2ccccc2-c2ccccc21. The van der Waals surface area contributed by atoms with Crippen LogP contribution in [0.5, 0.6) is 0 Å². The second kappa shape index (κ2) is 8.09.